The van der Waals surface area contributed by atoms with Crippen molar-refractivity contribution in [3.63, 3.8) is 0 Å². The van der Waals surface area contributed by atoms with Crippen LogP contribution in [0.5, 0.6) is 11.5 Å². The van der Waals surface area contributed by atoms with Gasteiger partial charge in [-0.15, -0.1) is 0 Å². The molecule has 0 aromatic heterocycles. The molecule has 0 saturated carbocycles. The molecule has 0 bridgehead atoms. The standard InChI is InChI=1S/C13H13NO5S/c1-18-13-9-11(14-10-5-3-2-4-6-10)7-8-12(13)19-20(15,16)17/h2-9,14H,1H3,(H,15,16,17). The molecular formula is C13H13NO5S. The van der Waals surface area contributed by atoms with Crippen LogP contribution in [0.2, 0.25) is 0 Å². The van der Waals surface area contributed by atoms with Crippen LogP contribution < -0.4 is 14.2 Å². The van der Waals surface area contributed by atoms with Gasteiger partial charge in [-0.05, 0) is 24.3 Å². The monoisotopic (exact) mass is 295 g/mol. The number of hydrogen-bond acceptors (Lipinski definition) is 5. The zero-order valence-corrected chi connectivity index (χ0v) is 11.4. The van der Waals surface area contributed by atoms with Crippen molar-refractivity contribution >= 4 is 21.8 Å². The summed E-state index contributed by atoms with van der Waals surface area (Å²) in [6.45, 7) is 0. The van der Waals surface area contributed by atoms with E-state index in [1.54, 1.807) is 12.1 Å². The van der Waals surface area contributed by atoms with E-state index in [2.05, 4.69) is 9.50 Å². The third kappa shape index (κ3) is 3.87. The lowest BCUT2D eigenvalue weighted by Crippen LogP contribution is -2.07. The molecule has 0 fully saturated rings. The predicted octanol–water partition coefficient (Wildman–Crippen LogP) is 2.62. The van der Waals surface area contributed by atoms with Crippen molar-refractivity contribution in [1.29, 1.82) is 0 Å². The van der Waals surface area contributed by atoms with Crippen LogP contribution in [0.1, 0.15) is 0 Å². The SMILES string of the molecule is COc1cc(Nc2ccccc2)ccc1OS(=O)(=O)O. The average molecular weight is 295 g/mol. The number of para-hydroxylation sites is 1. The molecule has 2 N–H and O–H groups in total. The maximum atomic E-state index is 10.7. The van der Waals surface area contributed by atoms with E-state index in [0.717, 1.165) is 5.69 Å². The Hall–Kier alpha value is -2.25. The summed E-state index contributed by atoms with van der Waals surface area (Å²) in [6.07, 6.45) is 0. The fourth-order valence-electron chi connectivity index (χ4n) is 1.62. The minimum atomic E-state index is -4.58. The van der Waals surface area contributed by atoms with Crippen molar-refractivity contribution < 1.29 is 21.9 Å². The van der Waals surface area contributed by atoms with E-state index in [4.69, 9.17) is 9.29 Å². The molecule has 0 unspecified atom stereocenters. The summed E-state index contributed by atoms with van der Waals surface area (Å²) in [5.41, 5.74) is 1.56. The minimum absolute atomic E-state index is 0.0892. The zero-order valence-electron chi connectivity index (χ0n) is 10.6. The van der Waals surface area contributed by atoms with E-state index >= 15 is 0 Å². The Morgan fingerprint density at radius 1 is 1.00 bits per heavy atom. The third-order valence-electron chi connectivity index (χ3n) is 2.42. The van der Waals surface area contributed by atoms with E-state index < -0.39 is 10.4 Å². The van der Waals surface area contributed by atoms with Crippen LogP contribution in [-0.2, 0) is 10.4 Å². The Morgan fingerprint density at radius 2 is 1.70 bits per heavy atom. The predicted molar refractivity (Wildman–Crippen MR) is 74.9 cm³/mol. The van der Waals surface area contributed by atoms with Crippen molar-refractivity contribution in [3.8, 4) is 11.5 Å². The molecule has 0 saturated heterocycles. The van der Waals surface area contributed by atoms with Gasteiger partial charge in [0.1, 0.15) is 0 Å². The average Bonchev–Trinajstić information content (AvgIpc) is 2.40. The van der Waals surface area contributed by atoms with Crippen molar-refractivity contribution in [2.24, 2.45) is 0 Å². The quantitative estimate of drug-likeness (QED) is 0.825. The first-order valence-electron chi connectivity index (χ1n) is 5.65. The largest absolute Gasteiger partial charge is 0.493 e. The number of anilines is 2. The van der Waals surface area contributed by atoms with Crippen LogP contribution in [-0.4, -0.2) is 20.1 Å². The molecule has 2 aromatic rings. The Balaban J connectivity index is 2.25. The molecule has 0 spiro atoms. The molecule has 0 aliphatic rings. The van der Waals surface area contributed by atoms with Gasteiger partial charge in [-0.1, -0.05) is 18.2 Å². The summed E-state index contributed by atoms with van der Waals surface area (Å²) in [7, 11) is -3.21. The molecule has 0 aliphatic carbocycles. The smallest absolute Gasteiger partial charge is 0.446 e. The van der Waals surface area contributed by atoms with Crippen molar-refractivity contribution in [2.75, 3.05) is 12.4 Å². The molecule has 0 radical (unpaired) electrons. The van der Waals surface area contributed by atoms with Gasteiger partial charge >= 0.3 is 10.4 Å². The second-order valence-corrected chi connectivity index (χ2v) is 4.89. The van der Waals surface area contributed by atoms with Crippen LogP contribution in [0.3, 0.4) is 0 Å². The van der Waals surface area contributed by atoms with E-state index in [1.807, 2.05) is 30.3 Å². The molecule has 106 valence electrons. The Kier molecular flexibility index (Phi) is 4.11. The van der Waals surface area contributed by atoms with Gasteiger partial charge in [-0.2, -0.15) is 8.42 Å². The Bertz CT molecular complexity index is 685. The van der Waals surface area contributed by atoms with Gasteiger partial charge in [-0.25, -0.2) is 0 Å². The molecule has 20 heavy (non-hydrogen) atoms. The maximum absolute atomic E-state index is 10.7. The molecule has 7 heteroatoms. The zero-order chi connectivity index (χ0) is 14.6. The Labute approximate surface area is 116 Å². The van der Waals surface area contributed by atoms with E-state index in [1.165, 1.54) is 13.2 Å². The molecule has 0 atom stereocenters. The highest BCUT2D eigenvalue weighted by Crippen LogP contribution is 2.32. The summed E-state index contributed by atoms with van der Waals surface area (Å²) in [5.74, 6) is 0.0946. The van der Waals surface area contributed by atoms with Gasteiger partial charge in [0.2, 0.25) is 0 Å². The van der Waals surface area contributed by atoms with Crippen molar-refractivity contribution in [2.45, 2.75) is 0 Å². The van der Waals surface area contributed by atoms with Crippen molar-refractivity contribution in [3.05, 3.63) is 48.5 Å². The molecule has 0 heterocycles. The molecule has 2 aromatic carbocycles. The first-order chi connectivity index (χ1) is 9.48. The lowest BCUT2D eigenvalue weighted by atomic mass is 10.2. The van der Waals surface area contributed by atoms with Gasteiger partial charge in [0.25, 0.3) is 0 Å². The number of nitrogens with one attached hydrogen (secondary N) is 1. The van der Waals surface area contributed by atoms with Gasteiger partial charge in [-0.3, -0.25) is 4.55 Å². The van der Waals surface area contributed by atoms with Gasteiger partial charge in [0, 0.05) is 17.4 Å². The maximum Gasteiger partial charge on any atom is 0.446 e. The Morgan fingerprint density at radius 3 is 2.30 bits per heavy atom. The fourth-order valence-corrected chi connectivity index (χ4v) is 1.98. The molecule has 0 aliphatic heterocycles. The number of methoxy groups -OCH3 is 1. The summed E-state index contributed by atoms with van der Waals surface area (Å²) >= 11 is 0. The lowest BCUT2D eigenvalue weighted by Gasteiger charge is -2.11. The second kappa shape index (κ2) is 5.81. The number of ether oxygens (including phenoxy) is 1. The fraction of sp³-hybridized carbons (Fsp3) is 0.0769. The van der Waals surface area contributed by atoms with Crippen LogP contribution >= 0.6 is 0 Å². The number of benzene rings is 2. The minimum Gasteiger partial charge on any atom is -0.493 e. The first-order valence-corrected chi connectivity index (χ1v) is 7.01. The third-order valence-corrected chi connectivity index (χ3v) is 2.81. The van der Waals surface area contributed by atoms with Crippen LogP contribution in [0.25, 0.3) is 0 Å². The highest BCUT2D eigenvalue weighted by molar-refractivity contribution is 7.81. The van der Waals surface area contributed by atoms with E-state index in [9.17, 15) is 8.42 Å². The summed E-state index contributed by atoms with van der Waals surface area (Å²) in [6, 6.07) is 14.0. The van der Waals surface area contributed by atoms with Gasteiger partial charge in [0.15, 0.2) is 11.5 Å². The summed E-state index contributed by atoms with van der Waals surface area (Å²) in [5, 5.41) is 3.12. The number of rotatable bonds is 5. The topological polar surface area (TPSA) is 84.9 Å². The van der Waals surface area contributed by atoms with E-state index in [0.29, 0.717) is 5.69 Å². The first kappa shape index (κ1) is 14.2. The lowest BCUT2D eigenvalue weighted by molar-refractivity contribution is 0.360. The molecular weight excluding hydrogens is 282 g/mol. The second-order valence-electron chi connectivity index (χ2n) is 3.87. The van der Waals surface area contributed by atoms with Crippen LogP contribution in [0.4, 0.5) is 11.4 Å². The molecule has 0 amide bonds. The number of hydrogen-bond donors (Lipinski definition) is 2. The highest BCUT2D eigenvalue weighted by Gasteiger charge is 2.13. The summed E-state index contributed by atoms with van der Waals surface area (Å²) < 4.78 is 39.5. The van der Waals surface area contributed by atoms with Crippen LogP contribution in [0, 0.1) is 0 Å². The van der Waals surface area contributed by atoms with E-state index in [-0.39, 0.29) is 11.5 Å². The van der Waals surface area contributed by atoms with Gasteiger partial charge in [0.05, 0.1) is 7.11 Å². The van der Waals surface area contributed by atoms with Crippen molar-refractivity contribution in [1.82, 2.24) is 0 Å². The molecule has 2 rings (SSSR count). The highest BCUT2D eigenvalue weighted by atomic mass is 32.3. The summed E-state index contributed by atoms with van der Waals surface area (Å²) in [4.78, 5) is 0. The normalized spacial score (nSPS) is 10.9. The van der Waals surface area contributed by atoms with Crippen LogP contribution in [0.15, 0.2) is 48.5 Å². The molecule has 6 nitrogen and oxygen atoms in total. The van der Waals surface area contributed by atoms with Gasteiger partial charge < -0.3 is 14.2 Å².